The van der Waals surface area contributed by atoms with Gasteiger partial charge in [-0.15, -0.1) is 6.58 Å². The van der Waals surface area contributed by atoms with Crippen molar-refractivity contribution in [2.45, 2.75) is 25.8 Å². The summed E-state index contributed by atoms with van der Waals surface area (Å²) in [5.74, 6) is -0.734. The smallest absolute Gasteiger partial charge is 0.165 e. The normalized spacial score (nSPS) is 17.9. The molecule has 110 valence electrons. The third-order valence-electron chi connectivity index (χ3n) is 3.96. The maximum Gasteiger partial charge on any atom is 0.165 e. The molecule has 1 aliphatic rings. The maximum atomic E-state index is 13.7. The molecule has 20 heavy (non-hydrogen) atoms. The van der Waals surface area contributed by atoms with E-state index in [0.717, 1.165) is 50.1 Å². The van der Waals surface area contributed by atoms with Crippen molar-refractivity contribution in [3.05, 3.63) is 41.7 Å². The third kappa shape index (κ3) is 3.19. The molecule has 1 aromatic rings. The van der Waals surface area contributed by atoms with Crippen LogP contribution in [0.3, 0.4) is 0 Å². The molecule has 1 atom stereocenters. The van der Waals surface area contributed by atoms with Crippen LogP contribution in [0.4, 0.5) is 4.39 Å². The fraction of sp³-hybridized carbons (Fsp3) is 0.500. The third-order valence-corrected chi connectivity index (χ3v) is 3.96. The largest absolute Gasteiger partial charge is 0.505 e. The molecule has 1 saturated heterocycles. The minimum Gasteiger partial charge on any atom is -0.505 e. The maximum absolute atomic E-state index is 13.7. The van der Waals surface area contributed by atoms with Crippen LogP contribution in [-0.2, 0) is 0 Å². The van der Waals surface area contributed by atoms with Gasteiger partial charge in [-0.3, -0.25) is 4.90 Å². The first-order chi connectivity index (χ1) is 9.65. The van der Waals surface area contributed by atoms with Crippen LogP contribution < -0.4 is 5.32 Å². The predicted molar refractivity (Wildman–Crippen MR) is 79.4 cm³/mol. The zero-order valence-corrected chi connectivity index (χ0v) is 12.0. The summed E-state index contributed by atoms with van der Waals surface area (Å²) in [5.41, 5.74) is 1.67. The molecule has 1 fully saturated rings. The highest BCUT2D eigenvalue weighted by Crippen LogP contribution is 2.36. The minimum atomic E-state index is -0.538. The van der Waals surface area contributed by atoms with Crippen LogP contribution in [-0.4, -0.2) is 36.2 Å². The molecule has 1 heterocycles. The number of phenolic OH excluding ortho intramolecular Hbond substituents is 1. The Morgan fingerprint density at radius 1 is 1.45 bits per heavy atom. The number of rotatable bonds is 5. The van der Waals surface area contributed by atoms with Crippen LogP contribution in [0.1, 0.15) is 30.0 Å². The number of nitrogens with one attached hydrogen (secondary N) is 1. The van der Waals surface area contributed by atoms with E-state index in [1.807, 2.05) is 13.0 Å². The van der Waals surface area contributed by atoms with Crippen molar-refractivity contribution in [3.8, 4) is 5.75 Å². The van der Waals surface area contributed by atoms with Crippen molar-refractivity contribution in [2.24, 2.45) is 0 Å². The second kappa shape index (κ2) is 6.86. The highest BCUT2D eigenvalue weighted by Gasteiger charge is 2.26. The molecular formula is C16H23FN2O. The van der Waals surface area contributed by atoms with Crippen molar-refractivity contribution < 1.29 is 9.50 Å². The van der Waals surface area contributed by atoms with E-state index in [-0.39, 0.29) is 11.8 Å². The monoisotopic (exact) mass is 278 g/mol. The Hall–Kier alpha value is -1.39. The van der Waals surface area contributed by atoms with Gasteiger partial charge in [-0.05, 0) is 31.4 Å². The lowest BCUT2D eigenvalue weighted by Crippen LogP contribution is -2.45. The molecule has 1 aliphatic heterocycles. The van der Waals surface area contributed by atoms with Gasteiger partial charge in [-0.2, -0.15) is 0 Å². The molecular weight excluding hydrogens is 255 g/mol. The highest BCUT2D eigenvalue weighted by molar-refractivity contribution is 5.42. The van der Waals surface area contributed by atoms with Crippen LogP contribution in [0.15, 0.2) is 24.8 Å². The SMILES string of the molecule is C=CCC[C@@H](c1c(C)ccc(F)c1O)N1CCNCC1. The summed E-state index contributed by atoms with van der Waals surface area (Å²) >= 11 is 0. The molecule has 0 radical (unpaired) electrons. The van der Waals surface area contributed by atoms with Crippen molar-refractivity contribution in [2.75, 3.05) is 26.2 Å². The molecule has 0 aromatic heterocycles. The van der Waals surface area contributed by atoms with Gasteiger partial charge in [0.15, 0.2) is 11.6 Å². The lowest BCUT2D eigenvalue weighted by Gasteiger charge is -2.36. The Morgan fingerprint density at radius 3 is 2.80 bits per heavy atom. The molecule has 0 unspecified atom stereocenters. The number of halogens is 1. The number of nitrogens with zero attached hydrogens (tertiary/aromatic N) is 1. The number of hydrogen-bond donors (Lipinski definition) is 2. The van der Waals surface area contributed by atoms with Gasteiger partial charge in [0, 0.05) is 37.8 Å². The second-order valence-electron chi connectivity index (χ2n) is 5.29. The van der Waals surface area contributed by atoms with Gasteiger partial charge < -0.3 is 10.4 Å². The zero-order valence-electron chi connectivity index (χ0n) is 12.0. The zero-order chi connectivity index (χ0) is 14.5. The molecule has 0 bridgehead atoms. The summed E-state index contributed by atoms with van der Waals surface area (Å²) in [5, 5.41) is 13.5. The number of allylic oxidation sites excluding steroid dienone is 1. The number of hydrogen-bond acceptors (Lipinski definition) is 3. The number of piperazine rings is 1. The molecule has 0 aliphatic carbocycles. The number of aromatic hydroxyl groups is 1. The topological polar surface area (TPSA) is 35.5 Å². The predicted octanol–water partition coefficient (Wildman–Crippen LogP) is 2.75. The van der Waals surface area contributed by atoms with E-state index in [9.17, 15) is 9.50 Å². The summed E-state index contributed by atoms with van der Waals surface area (Å²) in [6.07, 6.45) is 3.58. The molecule has 4 heteroatoms. The van der Waals surface area contributed by atoms with Crippen LogP contribution in [0.25, 0.3) is 0 Å². The van der Waals surface area contributed by atoms with Gasteiger partial charge in [0.2, 0.25) is 0 Å². The Balaban J connectivity index is 2.34. The lowest BCUT2D eigenvalue weighted by atomic mass is 9.94. The molecule has 0 saturated carbocycles. The summed E-state index contributed by atoms with van der Waals surface area (Å²) in [6, 6.07) is 3.12. The van der Waals surface area contributed by atoms with Crippen LogP contribution in [0, 0.1) is 12.7 Å². The van der Waals surface area contributed by atoms with E-state index >= 15 is 0 Å². The number of aryl methyl sites for hydroxylation is 1. The van der Waals surface area contributed by atoms with Crippen molar-refractivity contribution >= 4 is 0 Å². The van der Waals surface area contributed by atoms with E-state index in [2.05, 4.69) is 16.8 Å². The summed E-state index contributed by atoms with van der Waals surface area (Å²) in [4.78, 5) is 2.32. The summed E-state index contributed by atoms with van der Waals surface area (Å²) in [6.45, 7) is 9.38. The summed E-state index contributed by atoms with van der Waals surface area (Å²) in [7, 11) is 0. The van der Waals surface area contributed by atoms with Crippen LogP contribution in [0.2, 0.25) is 0 Å². The first-order valence-electron chi connectivity index (χ1n) is 7.18. The van der Waals surface area contributed by atoms with Crippen LogP contribution in [0.5, 0.6) is 5.75 Å². The fourth-order valence-electron chi connectivity index (χ4n) is 2.88. The first-order valence-corrected chi connectivity index (χ1v) is 7.18. The van der Waals surface area contributed by atoms with Crippen molar-refractivity contribution in [1.29, 1.82) is 0 Å². The van der Waals surface area contributed by atoms with Gasteiger partial charge in [0.1, 0.15) is 0 Å². The van der Waals surface area contributed by atoms with Crippen LogP contribution >= 0.6 is 0 Å². The van der Waals surface area contributed by atoms with Gasteiger partial charge in [-0.25, -0.2) is 4.39 Å². The van der Waals surface area contributed by atoms with E-state index in [1.54, 1.807) is 6.07 Å². The van der Waals surface area contributed by atoms with E-state index in [4.69, 9.17) is 0 Å². The Bertz CT molecular complexity index is 470. The molecule has 1 aromatic carbocycles. The molecule has 3 nitrogen and oxygen atoms in total. The Morgan fingerprint density at radius 2 is 2.15 bits per heavy atom. The summed E-state index contributed by atoms with van der Waals surface area (Å²) < 4.78 is 13.7. The van der Waals surface area contributed by atoms with E-state index in [1.165, 1.54) is 6.07 Å². The Labute approximate surface area is 120 Å². The van der Waals surface area contributed by atoms with E-state index < -0.39 is 5.82 Å². The van der Waals surface area contributed by atoms with Gasteiger partial charge in [0.25, 0.3) is 0 Å². The van der Waals surface area contributed by atoms with Gasteiger partial charge >= 0.3 is 0 Å². The minimum absolute atomic E-state index is 0.0470. The molecule has 0 amide bonds. The second-order valence-corrected chi connectivity index (χ2v) is 5.29. The average molecular weight is 278 g/mol. The standard InChI is InChI=1S/C16H23FN2O/c1-3-4-5-14(19-10-8-18-9-11-19)15-12(2)6-7-13(17)16(15)20/h3,6-7,14,18,20H,1,4-5,8-11H2,2H3/t14-/m0/s1. The first kappa shape index (κ1) is 15.0. The average Bonchev–Trinajstić information content (AvgIpc) is 2.47. The van der Waals surface area contributed by atoms with Gasteiger partial charge in [-0.1, -0.05) is 12.1 Å². The van der Waals surface area contributed by atoms with Crippen molar-refractivity contribution in [3.63, 3.8) is 0 Å². The highest BCUT2D eigenvalue weighted by atomic mass is 19.1. The lowest BCUT2D eigenvalue weighted by molar-refractivity contribution is 0.162. The van der Waals surface area contributed by atoms with Crippen molar-refractivity contribution in [1.82, 2.24) is 10.2 Å². The molecule has 2 N–H and O–H groups in total. The Kier molecular flexibility index (Phi) is 5.15. The molecule has 0 spiro atoms. The fourth-order valence-corrected chi connectivity index (χ4v) is 2.88. The van der Waals surface area contributed by atoms with E-state index in [0.29, 0.717) is 0 Å². The van der Waals surface area contributed by atoms with Gasteiger partial charge in [0.05, 0.1) is 0 Å². The molecule has 2 rings (SSSR count). The number of phenols is 1. The number of benzene rings is 1. The quantitative estimate of drug-likeness (QED) is 0.813.